The van der Waals surface area contributed by atoms with Crippen molar-refractivity contribution < 1.29 is 8.78 Å². The molecule has 0 aliphatic carbocycles. The lowest BCUT2D eigenvalue weighted by molar-refractivity contribution is 0.585. The summed E-state index contributed by atoms with van der Waals surface area (Å²) in [6, 6.07) is 11.0. The molecular weight excluding hydrogens is 298 g/mol. The van der Waals surface area contributed by atoms with Crippen LogP contribution in [0.1, 0.15) is 12.5 Å². The van der Waals surface area contributed by atoms with E-state index in [9.17, 15) is 8.78 Å². The van der Waals surface area contributed by atoms with Crippen LogP contribution in [0, 0.1) is 11.6 Å². The number of hydrogen-bond acceptors (Lipinski definition) is 3. The molecule has 3 rings (SSSR count). The maximum Gasteiger partial charge on any atom is 0.151 e. The molecule has 0 spiro atoms. The van der Waals surface area contributed by atoms with Gasteiger partial charge in [-0.05, 0) is 36.8 Å². The monoisotopic (exact) mass is 312 g/mol. The third-order valence-corrected chi connectivity index (χ3v) is 3.36. The van der Waals surface area contributed by atoms with Crippen LogP contribution >= 0.6 is 0 Å². The Balaban J connectivity index is 1.75. The molecule has 116 valence electrons. The Bertz CT molecular complexity index is 824. The van der Waals surface area contributed by atoms with Crippen molar-refractivity contribution in [1.82, 2.24) is 9.55 Å². The maximum absolute atomic E-state index is 13.5. The number of benzene rings is 2. The van der Waals surface area contributed by atoms with Gasteiger partial charge in [-0.1, -0.05) is 12.1 Å². The summed E-state index contributed by atoms with van der Waals surface area (Å²) in [5.74, 6) is -1.30. The van der Waals surface area contributed by atoms with Crippen molar-refractivity contribution in [1.29, 1.82) is 0 Å². The van der Waals surface area contributed by atoms with Crippen molar-refractivity contribution in [2.75, 3.05) is 5.43 Å². The molecule has 1 heterocycles. The molecule has 4 nitrogen and oxygen atoms in total. The number of nitrogens with zero attached hydrogens (tertiary/aromatic N) is 3. The smallest absolute Gasteiger partial charge is 0.151 e. The Labute approximate surface area is 132 Å². The normalized spacial score (nSPS) is 11.5. The highest BCUT2D eigenvalue weighted by Crippen LogP contribution is 2.15. The summed E-state index contributed by atoms with van der Waals surface area (Å²) in [5, 5.41) is 4.13. The van der Waals surface area contributed by atoms with Gasteiger partial charge in [0.05, 0.1) is 17.7 Å². The van der Waals surface area contributed by atoms with Crippen LogP contribution in [0.5, 0.6) is 0 Å². The third kappa shape index (κ3) is 3.42. The van der Waals surface area contributed by atoms with Crippen LogP contribution in [-0.2, 0) is 0 Å². The molecule has 0 atom stereocenters. The van der Waals surface area contributed by atoms with Crippen LogP contribution in [0.25, 0.3) is 5.69 Å². The Hall–Kier alpha value is -3.02. The van der Waals surface area contributed by atoms with E-state index in [4.69, 9.17) is 0 Å². The van der Waals surface area contributed by atoms with E-state index in [-0.39, 0.29) is 5.69 Å². The van der Waals surface area contributed by atoms with Gasteiger partial charge in [0.25, 0.3) is 0 Å². The Morgan fingerprint density at radius 2 is 1.91 bits per heavy atom. The number of nitrogens with one attached hydrogen (secondary N) is 1. The largest absolute Gasteiger partial charge is 0.306 e. The second kappa shape index (κ2) is 6.39. The lowest BCUT2D eigenvalue weighted by Crippen LogP contribution is -2.01. The van der Waals surface area contributed by atoms with Gasteiger partial charge >= 0.3 is 0 Å². The lowest BCUT2D eigenvalue weighted by atomic mass is 10.1. The van der Waals surface area contributed by atoms with Crippen LogP contribution in [0.4, 0.5) is 14.5 Å². The minimum Gasteiger partial charge on any atom is -0.306 e. The van der Waals surface area contributed by atoms with Crippen molar-refractivity contribution >= 4 is 11.4 Å². The van der Waals surface area contributed by atoms with Gasteiger partial charge in [0.2, 0.25) is 0 Å². The first-order valence-corrected chi connectivity index (χ1v) is 6.97. The third-order valence-electron chi connectivity index (χ3n) is 3.36. The van der Waals surface area contributed by atoms with Gasteiger partial charge in [-0.2, -0.15) is 5.10 Å². The van der Waals surface area contributed by atoms with Crippen molar-refractivity contribution in [3.63, 3.8) is 0 Å². The predicted octanol–water partition coefficient (Wildman–Crippen LogP) is 3.99. The average Bonchev–Trinajstić information content (AvgIpc) is 3.08. The molecule has 0 bridgehead atoms. The van der Waals surface area contributed by atoms with Crippen LogP contribution < -0.4 is 5.43 Å². The molecule has 1 aromatic heterocycles. The summed E-state index contributed by atoms with van der Waals surface area (Å²) in [5.41, 5.74) is 5.30. The van der Waals surface area contributed by atoms with Crippen molar-refractivity contribution in [2.45, 2.75) is 6.92 Å². The SMILES string of the molecule is C/C(=N\Nc1ccc(F)cc1F)c1ccc(-n2ccnc2)cc1. The van der Waals surface area contributed by atoms with Gasteiger partial charge in [0.1, 0.15) is 5.82 Å². The standard InChI is InChI=1S/C17H14F2N4/c1-12(21-22-17-7-4-14(18)10-16(17)19)13-2-5-15(6-3-13)23-9-8-20-11-23/h2-11,22H,1H3/b21-12+. The van der Waals surface area contributed by atoms with Crippen LogP contribution in [0.3, 0.4) is 0 Å². The van der Waals surface area contributed by atoms with Crippen LogP contribution in [0.2, 0.25) is 0 Å². The Morgan fingerprint density at radius 3 is 2.57 bits per heavy atom. The molecule has 6 heteroatoms. The van der Waals surface area contributed by atoms with Gasteiger partial charge in [0, 0.05) is 24.1 Å². The second-order valence-corrected chi connectivity index (χ2v) is 4.95. The van der Waals surface area contributed by atoms with E-state index >= 15 is 0 Å². The number of aromatic nitrogens is 2. The van der Waals surface area contributed by atoms with E-state index in [0.717, 1.165) is 17.3 Å². The molecule has 1 N–H and O–H groups in total. The molecule has 0 unspecified atom stereocenters. The summed E-state index contributed by atoms with van der Waals surface area (Å²) in [7, 11) is 0. The maximum atomic E-state index is 13.5. The topological polar surface area (TPSA) is 42.2 Å². The Morgan fingerprint density at radius 1 is 1.13 bits per heavy atom. The van der Waals surface area contributed by atoms with Gasteiger partial charge in [-0.25, -0.2) is 13.8 Å². The fraction of sp³-hybridized carbons (Fsp3) is 0.0588. The molecule has 0 saturated carbocycles. The number of imidazole rings is 1. The number of hydrazone groups is 1. The highest BCUT2D eigenvalue weighted by Gasteiger charge is 2.03. The summed E-state index contributed by atoms with van der Waals surface area (Å²) in [6.07, 6.45) is 5.28. The minimum absolute atomic E-state index is 0.126. The van der Waals surface area contributed by atoms with Gasteiger partial charge in [-0.3, -0.25) is 5.43 Å². The molecule has 0 fully saturated rings. The summed E-state index contributed by atoms with van der Waals surface area (Å²) in [4.78, 5) is 4.00. The van der Waals surface area contributed by atoms with Crippen molar-refractivity contribution in [3.8, 4) is 5.69 Å². The molecule has 3 aromatic rings. The van der Waals surface area contributed by atoms with Crippen molar-refractivity contribution in [3.05, 3.63) is 78.4 Å². The number of anilines is 1. The van der Waals surface area contributed by atoms with Crippen LogP contribution in [-0.4, -0.2) is 15.3 Å². The van der Waals surface area contributed by atoms with E-state index in [1.165, 1.54) is 12.1 Å². The first-order valence-electron chi connectivity index (χ1n) is 6.97. The van der Waals surface area contributed by atoms with E-state index in [0.29, 0.717) is 5.71 Å². The van der Waals surface area contributed by atoms with Gasteiger partial charge in [-0.15, -0.1) is 0 Å². The Kier molecular flexibility index (Phi) is 4.14. The quantitative estimate of drug-likeness (QED) is 0.585. The molecule has 0 radical (unpaired) electrons. The average molecular weight is 312 g/mol. The zero-order valence-corrected chi connectivity index (χ0v) is 12.4. The number of hydrogen-bond donors (Lipinski definition) is 1. The fourth-order valence-corrected chi connectivity index (χ4v) is 2.08. The zero-order chi connectivity index (χ0) is 16.2. The summed E-state index contributed by atoms with van der Waals surface area (Å²) in [6.45, 7) is 1.81. The molecule has 0 saturated heterocycles. The van der Waals surface area contributed by atoms with Crippen LogP contribution in [0.15, 0.2) is 66.3 Å². The lowest BCUT2D eigenvalue weighted by Gasteiger charge is -2.06. The highest BCUT2D eigenvalue weighted by molar-refractivity contribution is 5.99. The molecule has 0 aliphatic heterocycles. The van der Waals surface area contributed by atoms with E-state index in [1.54, 1.807) is 19.4 Å². The second-order valence-electron chi connectivity index (χ2n) is 4.95. The van der Waals surface area contributed by atoms with Gasteiger partial charge < -0.3 is 4.57 Å². The summed E-state index contributed by atoms with van der Waals surface area (Å²) < 4.78 is 28.3. The van der Waals surface area contributed by atoms with E-state index in [2.05, 4.69) is 15.5 Å². The minimum atomic E-state index is -0.683. The molecule has 2 aromatic carbocycles. The first kappa shape index (κ1) is 14.9. The highest BCUT2D eigenvalue weighted by atomic mass is 19.1. The first-order chi connectivity index (χ1) is 11.1. The number of halogens is 2. The molecular formula is C17H14F2N4. The predicted molar refractivity (Wildman–Crippen MR) is 85.8 cm³/mol. The molecule has 0 aliphatic rings. The molecule has 23 heavy (non-hydrogen) atoms. The van der Waals surface area contributed by atoms with E-state index in [1.807, 2.05) is 35.0 Å². The van der Waals surface area contributed by atoms with Crippen molar-refractivity contribution in [2.24, 2.45) is 5.10 Å². The van der Waals surface area contributed by atoms with Gasteiger partial charge in [0.15, 0.2) is 5.82 Å². The molecule has 0 amide bonds. The zero-order valence-electron chi connectivity index (χ0n) is 12.4. The summed E-state index contributed by atoms with van der Waals surface area (Å²) >= 11 is 0. The van der Waals surface area contributed by atoms with E-state index < -0.39 is 11.6 Å². The number of rotatable bonds is 4. The fourth-order valence-electron chi connectivity index (χ4n) is 2.08.